The van der Waals surface area contributed by atoms with Crippen molar-refractivity contribution in [3.8, 4) is 0 Å². The second-order valence-corrected chi connectivity index (χ2v) is 5.08. The van der Waals surface area contributed by atoms with Crippen LogP contribution < -0.4 is 10.2 Å². The topological polar surface area (TPSA) is 28.2 Å². The van der Waals surface area contributed by atoms with E-state index in [-0.39, 0.29) is 0 Å². The van der Waals surface area contributed by atoms with Crippen molar-refractivity contribution in [2.24, 2.45) is 5.92 Å². The minimum Gasteiger partial charge on any atom is -0.348 e. The highest BCUT2D eigenvalue weighted by molar-refractivity contribution is 7.13. The van der Waals surface area contributed by atoms with E-state index in [0.29, 0.717) is 0 Å². The van der Waals surface area contributed by atoms with Crippen molar-refractivity contribution in [1.29, 1.82) is 0 Å². The number of hydrogen-bond acceptors (Lipinski definition) is 4. The summed E-state index contributed by atoms with van der Waals surface area (Å²) >= 11 is 1.77. The molecule has 84 valence electrons. The molecule has 0 amide bonds. The zero-order valence-electron chi connectivity index (χ0n) is 9.49. The maximum atomic E-state index is 4.65. The van der Waals surface area contributed by atoms with Crippen LogP contribution in [-0.2, 0) is 6.54 Å². The molecule has 4 heteroatoms. The molecule has 2 rings (SSSR count). The average molecular weight is 225 g/mol. The van der Waals surface area contributed by atoms with Crippen LogP contribution in [0.25, 0.3) is 0 Å². The minimum atomic E-state index is 0.825. The molecule has 1 aromatic heterocycles. The van der Waals surface area contributed by atoms with Crippen LogP contribution in [0, 0.1) is 5.92 Å². The Morgan fingerprint density at radius 2 is 2.53 bits per heavy atom. The Kier molecular flexibility index (Phi) is 3.59. The zero-order valence-corrected chi connectivity index (χ0v) is 10.3. The van der Waals surface area contributed by atoms with Gasteiger partial charge in [-0.3, -0.25) is 0 Å². The molecule has 1 fully saturated rings. The number of aromatic nitrogens is 1. The molecule has 1 aromatic rings. The molecular formula is C11H19N3S. The number of hydrogen-bond donors (Lipinski definition) is 1. The third-order valence-electron chi connectivity index (χ3n) is 2.79. The van der Waals surface area contributed by atoms with Crippen LogP contribution >= 0.6 is 11.3 Å². The van der Waals surface area contributed by atoms with Crippen LogP contribution in [0.5, 0.6) is 0 Å². The highest BCUT2D eigenvalue weighted by Gasteiger charge is 2.20. The van der Waals surface area contributed by atoms with Gasteiger partial charge in [-0.05, 0) is 18.9 Å². The van der Waals surface area contributed by atoms with E-state index >= 15 is 0 Å². The van der Waals surface area contributed by atoms with Crippen molar-refractivity contribution in [1.82, 2.24) is 10.3 Å². The van der Waals surface area contributed by atoms with Gasteiger partial charge >= 0.3 is 0 Å². The molecule has 1 aliphatic rings. The van der Waals surface area contributed by atoms with Gasteiger partial charge in [0, 0.05) is 25.0 Å². The molecule has 15 heavy (non-hydrogen) atoms. The van der Waals surface area contributed by atoms with Gasteiger partial charge in [-0.1, -0.05) is 13.8 Å². The SMILES string of the molecule is CCNCc1csc(N2CCC(C)C2)n1. The van der Waals surface area contributed by atoms with Crippen LogP contribution in [-0.4, -0.2) is 24.6 Å². The van der Waals surface area contributed by atoms with E-state index in [1.165, 1.54) is 30.3 Å². The third kappa shape index (κ3) is 2.69. The first kappa shape index (κ1) is 10.9. The molecule has 1 N–H and O–H groups in total. The van der Waals surface area contributed by atoms with Crippen LogP contribution in [0.1, 0.15) is 26.0 Å². The highest BCUT2D eigenvalue weighted by Crippen LogP contribution is 2.26. The van der Waals surface area contributed by atoms with Gasteiger partial charge in [0.05, 0.1) is 5.69 Å². The van der Waals surface area contributed by atoms with Crippen molar-refractivity contribution in [3.05, 3.63) is 11.1 Å². The third-order valence-corrected chi connectivity index (χ3v) is 3.74. The lowest BCUT2D eigenvalue weighted by atomic mass is 10.2. The quantitative estimate of drug-likeness (QED) is 0.850. The molecule has 0 spiro atoms. The predicted molar refractivity (Wildman–Crippen MR) is 65.5 cm³/mol. The molecule has 0 radical (unpaired) electrons. The normalized spacial score (nSPS) is 21.2. The summed E-state index contributed by atoms with van der Waals surface area (Å²) in [5.74, 6) is 0.825. The first-order valence-electron chi connectivity index (χ1n) is 5.69. The maximum absolute atomic E-state index is 4.65. The van der Waals surface area contributed by atoms with E-state index in [2.05, 4.69) is 34.4 Å². The van der Waals surface area contributed by atoms with Crippen LogP contribution in [0.15, 0.2) is 5.38 Å². The van der Waals surface area contributed by atoms with Crippen molar-refractivity contribution in [2.75, 3.05) is 24.5 Å². The Labute approximate surface area is 95.5 Å². The molecule has 1 unspecified atom stereocenters. The maximum Gasteiger partial charge on any atom is 0.185 e. The Balaban J connectivity index is 1.94. The van der Waals surface area contributed by atoms with Gasteiger partial charge in [0.1, 0.15) is 0 Å². The summed E-state index contributed by atoms with van der Waals surface area (Å²) in [5.41, 5.74) is 1.18. The van der Waals surface area contributed by atoms with Gasteiger partial charge in [0.15, 0.2) is 5.13 Å². The Bertz CT molecular complexity index is 311. The molecule has 1 saturated heterocycles. The van der Waals surface area contributed by atoms with Gasteiger partial charge in [-0.15, -0.1) is 11.3 Å². The molecule has 0 bridgehead atoms. The van der Waals surface area contributed by atoms with Gasteiger partial charge < -0.3 is 10.2 Å². The van der Waals surface area contributed by atoms with Gasteiger partial charge in [-0.25, -0.2) is 4.98 Å². The summed E-state index contributed by atoms with van der Waals surface area (Å²) in [6, 6.07) is 0. The van der Waals surface area contributed by atoms with Crippen molar-refractivity contribution >= 4 is 16.5 Å². The Morgan fingerprint density at radius 3 is 3.20 bits per heavy atom. The summed E-state index contributed by atoms with van der Waals surface area (Å²) in [6.07, 6.45) is 1.31. The predicted octanol–water partition coefficient (Wildman–Crippen LogP) is 2.10. The summed E-state index contributed by atoms with van der Waals surface area (Å²) in [5, 5.41) is 6.67. The lowest BCUT2D eigenvalue weighted by Crippen LogP contribution is -2.19. The number of nitrogens with one attached hydrogen (secondary N) is 1. The van der Waals surface area contributed by atoms with E-state index in [4.69, 9.17) is 0 Å². The minimum absolute atomic E-state index is 0.825. The number of anilines is 1. The molecule has 0 aromatic carbocycles. The lowest BCUT2D eigenvalue weighted by molar-refractivity contribution is 0.659. The Hall–Kier alpha value is -0.610. The van der Waals surface area contributed by atoms with E-state index in [1.54, 1.807) is 11.3 Å². The van der Waals surface area contributed by atoms with E-state index < -0.39 is 0 Å². The first-order valence-corrected chi connectivity index (χ1v) is 6.57. The molecule has 3 nitrogen and oxygen atoms in total. The monoisotopic (exact) mass is 225 g/mol. The number of nitrogens with zero attached hydrogens (tertiary/aromatic N) is 2. The first-order chi connectivity index (χ1) is 7.29. The van der Waals surface area contributed by atoms with E-state index in [9.17, 15) is 0 Å². The van der Waals surface area contributed by atoms with E-state index in [1.807, 2.05) is 0 Å². The summed E-state index contributed by atoms with van der Waals surface area (Å²) < 4.78 is 0. The fourth-order valence-corrected chi connectivity index (χ4v) is 2.75. The zero-order chi connectivity index (χ0) is 10.7. The van der Waals surface area contributed by atoms with Crippen LogP contribution in [0.2, 0.25) is 0 Å². The van der Waals surface area contributed by atoms with Crippen molar-refractivity contribution < 1.29 is 0 Å². The number of thiazole rings is 1. The average Bonchev–Trinajstić information content (AvgIpc) is 2.83. The summed E-state index contributed by atoms with van der Waals surface area (Å²) in [4.78, 5) is 7.05. The second kappa shape index (κ2) is 4.94. The number of rotatable bonds is 4. The fraction of sp³-hybridized carbons (Fsp3) is 0.727. The molecule has 1 aliphatic heterocycles. The summed E-state index contributed by atoms with van der Waals surface area (Å²) in [7, 11) is 0. The van der Waals surface area contributed by atoms with Gasteiger partial charge in [0.2, 0.25) is 0 Å². The summed E-state index contributed by atoms with van der Waals surface area (Å²) in [6.45, 7) is 8.69. The smallest absolute Gasteiger partial charge is 0.185 e. The second-order valence-electron chi connectivity index (χ2n) is 4.24. The largest absolute Gasteiger partial charge is 0.348 e. The van der Waals surface area contributed by atoms with Gasteiger partial charge in [0.25, 0.3) is 0 Å². The standard InChI is InChI=1S/C11H19N3S/c1-3-12-6-10-8-15-11(13-10)14-5-4-9(2)7-14/h8-9,12H,3-7H2,1-2H3. The molecule has 1 atom stereocenters. The lowest BCUT2D eigenvalue weighted by Gasteiger charge is -2.13. The highest BCUT2D eigenvalue weighted by atomic mass is 32.1. The fourth-order valence-electron chi connectivity index (χ4n) is 1.88. The molecule has 0 saturated carbocycles. The molecule has 2 heterocycles. The van der Waals surface area contributed by atoms with Crippen LogP contribution in [0.4, 0.5) is 5.13 Å². The van der Waals surface area contributed by atoms with Crippen molar-refractivity contribution in [2.45, 2.75) is 26.8 Å². The Morgan fingerprint density at radius 1 is 1.67 bits per heavy atom. The van der Waals surface area contributed by atoms with E-state index in [0.717, 1.165) is 19.0 Å². The van der Waals surface area contributed by atoms with Gasteiger partial charge in [-0.2, -0.15) is 0 Å². The molecular weight excluding hydrogens is 206 g/mol. The molecule has 0 aliphatic carbocycles. The van der Waals surface area contributed by atoms with Crippen LogP contribution in [0.3, 0.4) is 0 Å². The van der Waals surface area contributed by atoms with Crippen molar-refractivity contribution in [3.63, 3.8) is 0 Å².